The number of hydrogen-bond donors (Lipinski definition) is 2. The van der Waals surface area contributed by atoms with E-state index < -0.39 is 0 Å². The molecule has 0 aromatic carbocycles. The maximum atomic E-state index is 5.84. The Bertz CT molecular complexity index is 446. The van der Waals surface area contributed by atoms with E-state index in [0.29, 0.717) is 17.9 Å². The number of anilines is 3. The van der Waals surface area contributed by atoms with Gasteiger partial charge in [0.05, 0.1) is 0 Å². The zero-order chi connectivity index (χ0) is 15.2. The van der Waals surface area contributed by atoms with Gasteiger partial charge in [-0.3, -0.25) is 0 Å². The van der Waals surface area contributed by atoms with Crippen LogP contribution in [-0.2, 0) is 0 Å². The molecule has 0 radical (unpaired) electrons. The first-order valence-electron chi connectivity index (χ1n) is 8.15. The molecule has 6 nitrogen and oxygen atoms in total. The second-order valence-corrected chi connectivity index (χ2v) is 5.94. The number of aromatic nitrogens is 3. The lowest BCUT2D eigenvalue weighted by Gasteiger charge is -2.21. The van der Waals surface area contributed by atoms with Gasteiger partial charge < -0.3 is 16.0 Å². The second-order valence-electron chi connectivity index (χ2n) is 5.94. The van der Waals surface area contributed by atoms with E-state index >= 15 is 0 Å². The standard InChI is InChI=1S/C15H28N6/c1-4-21(5-2)15-19-13(16)18-14(20-15)17-12-8-6-7-11(3)9-10-12/h11-12H,4-10H2,1-3H3,(H3,16,17,18,19,20). The SMILES string of the molecule is CCN(CC)c1nc(N)nc(NC2CCCC(C)CC2)n1. The van der Waals surface area contributed by atoms with Crippen LogP contribution in [-0.4, -0.2) is 34.1 Å². The molecule has 2 atom stereocenters. The average Bonchev–Trinajstić information content (AvgIpc) is 2.65. The van der Waals surface area contributed by atoms with Crippen LogP contribution >= 0.6 is 0 Å². The lowest BCUT2D eigenvalue weighted by Crippen LogP contribution is -2.26. The monoisotopic (exact) mass is 292 g/mol. The van der Waals surface area contributed by atoms with Crippen LogP contribution in [0.15, 0.2) is 0 Å². The van der Waals surface area contributed by atoms with Crippen molar-refractivity contribution < 1.29 is 0 Å². The summed E-state index contributed by atoms with van der Waals surface area (Å²) in [6.07, 6.45) is 6.20. The third-order valence-electron chi connectivity index (χ3n) is 4.28. The lowest BCUT2D eigenvalue weighted by molar-refractivity contribution is 0.501. The van der Waals surface area contributed by atoms with E-state index in [4.69, 9.17) is 5.73 Å². The van der Waals surface area contributed by atoms with Gasteiger partial charge in [0, 0.05) is 19.1 Å². The van der Waals surface area contributed by atoms with Gasteiger partial charge in [-0.05, 0) is 39.0 Å². The number of hydrogen-bond acceptors (Lipinski definition) is 6. The van der Waals surface area contributed by atoms with Crippen LogP contribution in [0.3, 0.4) is 0 Å². The fourth-order valence-corrected chi connectivity index (χ4v) is 2.91. The Labute approximate surface area is 127 Å². The van der Waals surface area contributed by atoms with Crippen molar-refractivity contribution in [1.29, 1.82) is 0 Å². The first-order chi connectivity index (χ1) is 10.1. The summed E-state index contributed by atoms with van der Waals surface area (Å²) in [5.74, 6) is 2.39. The highest BCUT2D eigenvalue weighted by Gasteiger charge is 2.18. The molecule has 1 aliphatic carbocycles. The molecule has 2 unspecified atom stereocenters. The molecule has 0 aliphatic heterocycles. The Morgan fingerprint density at radius 1 is 1.10 bits per heavy atom. The van der Waals surface area contributed by atoms with E-state index in [-0.39, 0.29) is 5.95 Å². The molecule has 0 saturated heterocycles. The largest absolute Gasteiger partial charge is 0.368 e. The minimum Gasteiger partial charge on any atom is -0.368 e. The number of rotatable bonds is 5. The molecule has 2 rings (SSSR count). The van der Waals surface area contributed by atoms with Crippen LogP contribution < -0.4 is 16.0 Å². The molecule has 1 saturated carbocycles. The van der Waals surface area contributed by atoms with Crippen molar-refractivity contribution in [3.05, 3.63) is 0 Å². The van der Waals surface area contributed by atoms with Crippen LogP contribution in [0.2, 0.25) is 0 Å². The van der Waals surface area contributed by atoms with Gasteiger partial charge in [0.25, 0.3) is 0 Å². The summed E-state index contributed by atoms with van der Waals surface area (Å²) in [5.41, 5.74) is 5.84. The number of nitrogens with zero attached hydrogens (tertiary/aromatic N) is 4. The van der Waals surface area contributed by atoms with Crippen molar-refractivity contribution in [2.45, 2.75) is 58.9 Å². The lowest BCUT2D eigenvalue weighted by atomic mass is 10.0. The minimum absolute atomic E-state index is 0.288. The number of nitrogens with two attached hydrogens (primary N) is 1. The smallest absolute Gasteiger partial charge is 0.231 e. The molecule has 1 aromatic rings. The topological polar surface area (TPSA) is 80.0 Å². The fraction of sp³-hybridized carbons (Fsp3) is 0.800. The minimum atomic E-state index is 0.288. The first-order valence-corrected chi connectivity index (χ1v) is 8.15. The van der Waals surface area contributed by atoms with Crippen molar-refractivity contribution in [2.24, 2.45) is 5.92 Å². The number of nitrogen functional groups attached to an aromatic ring is 1. The van der Waals surface area contributed by atoms with Gasteiger partial charge in [-0.2, -0.15) is 15.0 Å². The summed E-state index contributed by atoms with van der Waals surface area (Å²) in [5, 5.41) is 3.46. The van der Waals surface area contributed by atoms with Gasteiger partial charge in [-0.1, -0.05) is 19.8 Å². The van der Waals surface area contributed by atoms with E-state index in [1.54, 1.807) is 0 Å². The molecule has 6 heteroatoms. The maximum Gasteiger partial charge on any atom is 0.231 e. The molecule has 118 valence electrons. The van der Waals surface area contributed by atoms with Crippen LogP contribution in [0, 0.1) is 5.92 Å². The van der Waals surface area contributed by atoms with Crippen molar-refractivity contribution in [1.82, 2.24) is 15.0 Å². The van der Waals surface area contributed by atoms with Crippen LogP contribution in [0.1, 0.15) is 52.9 Å². The van der Waals surface area contributed by atoms with Crippen molar-refractivity contribution >= 4 is 17.8 Å². The van der Waals surface area contributed by atoms with Gasteiger partial charge in [-0.25, -0.2) is 0 Å². The van der Waals surface area contributed by atoms with E-state index in [1.807, 2.05) is 0 Å². The summed E-state index contributed by atoms with van der Waals surface area (Å²) >= 11 is 0. The van der Waals surface area contributed by atoms with Gasteiger partial charge in [0.15, 0.2) is 0 Å². The highest BCUT2D eigenvalue weighted by atomic mass is 15.3. The summed E-state index contributed by atoms with van der Waals surface area (Å²) in [7, 11) is 0. The van der Waals surface area contributed by atoms with Crippen LogP contribution in [0.25, 0.3) is 0 Å². The first kappa shape index (κ1) is 15.8. The van der Waals surface area contributed by atoms with E-state index in [1.165, 1.54) is 32.1 Å². The zero-order valence-electron chi connectivity index (χ0n) is 13.5. The molecule has 1 heterocycles. The third kappa shape index (κ3) is 4.44. The molecule has 21 heavy (non-hydrogen) atoms. The van der Waals surface area contributed by atoms with Crippen molar-refractivity contribution in [3.8, 4) is 0 Å². The molecule has 1 aliphatic rings. The predicted octanol–water partition coefficient (Wildman–Crippen LogP) is 2.68. The molecule has 0 spiro atoms. The van der Waals surface area contributed by atoms with Gasteiger partial charge in [-0.15, -0.1) is 0 Å². The molecule has 1 aromatic heterocycles. The summed E-state index contributed by atoms with van der Waals surface area (Å²) < 4.78 is 0. The molecule has 3 N–H and O–H groups in total. The van der Waals surface area contributed by atoms with Crippen LogP contribution in [0.5, 0.6) is 0 Å². The van der Waals surface area contributed by atoms with Crippen molar-refractivity contribution in [2.75, 3.05) is 29.0 Å². The second kappa shape index (κ2) is 7.43. The quantitative estimate of drug-likeness (QED) is 0.812. The summed E-state index contributed by atoms with van der Waals surface area (Å²) in [6, 6.07) is 0.446. The van der Waals surface area contributed by atoms with Crippen LogP contribution in [0.4, 0.5) is 17.8 Å². The Morgan fingerprint density at radius 3 is 2.57 bits per heavy atom. The van der Waals surface area contributed by atoms with E-state index in [2.05, 4.69) is 45.9 Å². The molecule has 1 fully saturated rings. The third-order valence-corrected chi connectivity index (χ3v) is 4.28. The Hall–Kier alpha value is -1.59. The van der Waals surface area contributed by atoms with Crippen molar-refractivity contribution in [3.63, 3.8) is 0 Å². The summed E-state index contributed by atoms with van der Waals surface area (Å²) in [6.45, 7) is 8.23. The molecular formula is C15H28N6. The average molecular weight is 292 g/mol. The van der Waals surface area contributed by atoms with Gasteiger partial charge in [0.2, 0.25) is 17.8 Å². The Kier molecular flexibility index (Phi) is 5.59. The van der Waals surface area contributed by atoms with E-state index in [0.717, 1.165) is 19.0 Å². The van der Waals surface area contributed by atoms with E-state index in [9.17, 15) is 0 Å². The predicted molar refractivity (Wildman–Crippen MR) is 87.5 cm³/mol. The zero-order valence-corrected chi connectivity index (χ0v) is 13.5. The molecular weight excluding hydrogens is 264 g/mol. The Morgan fingerprint density at radius 2 is 1.86 bits per heavy atom. The Balaban J connectivity index is 2.08. The van der Waals surface area contributed by atoms with Gasteiger partial charge >= 0.3 is 0 Å². The number of nitrogens with one attached hydrogen (secondary N) is 1. The summed E-state index contributed by atoms with van der Waals surface area (Å²) in [4.78, 5) is 15.1. The highest BCUT2D eigenvalue weighted by molar-refractivity contribution is 5.42. The highest BCUT2D eigenvalue weighted by Crippen LogP contribution is 2.24. The van der Waals surface area contributed by atoms with Gasteiger partial charge in [0.1, 0.15) is 0 Å². The molecule has 0 amide bonds. The fourth-order valence-electron chi connectivity index (χ4n) is 2.91. The maximum absolute atomic E-state index is 5.84. The normalized spacial score (nSPS) is 22.6. The molecule has 0 bridgehead atoms.